The van der Waals surface area contributed by atoms with Crippen molar-refractivity contribution >= 4 is 11.6 Å². The van der Waals surface area contributed by atoms with Gasteiger partial charge in [0.2, 0.25) is 0 Å². The maximum Gasteiger partial charge on any atom is 0.0801 e. The van der Waals surface area contributed by atoms with Gasteiger partial charge in [-0.15, -0.1) is 0 Å². The fraction of sp³-hybridized carbons (Fsp3) is 0.562. The monoisotopic (exact) mass is 278 g/mol. The SMILES string of the molecule is CCNC(/C1=C/CCCCCC1)c1ncccc1Cl. The largest absolute Gasteiger partial charge is 0.305 e. The highest BCUT2D eigenvalue weighted by Gasteiger charge is 2.19. The molecule has 1 aromatic heterocycles. The Morgan fingerprint density at radius 3 is 2.95 bits per heavy atom. The molecule has 1 N–H and O–H groups in total. The molecule has 0 radical (unpaired) electrons. The van der Waals surface area contributed by atoms with Crippen molar-refractivity contribution in [2.45, 2.75) is 51.5 Å². The molecule has 1 aliphatic carbocycles. The third kappa shape index (κ3) is 4.05. The van der Waals surface area contributed by atoms with Crippen molar-refractivity contribution < 1.29 is 0 Å². The molecule has 0 saturated heterocycles. The van der Waals surface area contributed by atoms with Gasteiger partial charge in [-0.05, 0) is 44.4 Å². The van der Waals surface area contributed by atoms with Crippen LogP contribution in [-0.2, 0) is 0 Å². The molecule has 0 fully saturated rings. The van der Waals surface area contributed by atoms with Gasteiger partial charge in [0, 0.05) is 6.20 Å². The predicted molar refractivity (Wildman–Crippen MR) is 81.4 cm³/mol. The van der Waals surface area contributed by atoms with Crippen molar-refractivity contribution in [1.82, 2.24) is 10.3 Å². The van der Waals surface area contributed by atoms with Crippen LogP contribution < -0.4 is 5.32 Å². The molecule has 1 unspecified atom stereocenters. The third-order valence-electron chi connectivity index (χ3n) is 3.67. The molecule has 0 aromatic carbocycles. The number of allylic oxidation sites excluding steroid dienone is 1. The lowest BCUT2D eigenvalue weighted by Gasteiger charge is -2.23. The zero-order valence-corrected chi connectivity index (χ0v) is 12.4. The van der Waals surface area contributed by atoms with Gasteiger partial charge in [0.1, 0.15) is 0 Å². The Bertz CT molecular complexity index is 429. The average molecular weight is 279 g/mol. The van der Waals surface area contributed by atoms with Crippen molar-refractivity contribution in [2.75, 3.05) is 6.54 Å². The number of nitrogens with one attached hydrogen (secondary N) is 1. The first kappa shape index (κ1) is 14.5. The van der Waals surface area contributed by atoms with Crippen molar-refractivity contribution in [3.8, 4) is 0 Å². The molecular weight excluding hydrogens is 256 g/mol. The first-order valence-corrected chi connectivity index (χ1v) is 7.73. The molecule has 0 spiro atoms. The lowest BCUT2D eigenvalue weighted by molar-refractivity contribution is 0.546. The first-order valence-electron chi connectivity index (χ1n) is 7.35. The molecule has 0 bridgehead atoms. The standard InChI is InChI=1S/C16H23ClN2/c1-2-18-15(16-14(17)11-8-12-19-16)13-9-6-4-3-5-7-10-13/h8-9,11-12,15,18H,2-7,10H2,1H3/b13-9+. The topological polar surface area (TPSA) is 24.9 Å². The van der Waals surface area contributed by atoms with E-state index in [2.05, 4.69) is 23.3 Å². The van der Waals surface area contributed by atoms with Crippen LogP contribution in [0.2, 0.25) is 5.02 Å². The summed E-state index contributed by atoms with van der Waals surface area (Å²) < 4.78 is 0. The number of likely N-dealkylation sites (N-methyl/N-ethyl adjacent to an activating group) is 1. The van der Waals surface area contributed by atoms with Crippen LogP contribution in [0.25, 0.3) is 0 Å². The molecule has 1 heterocycles. The second-order valence-electron chi connectivity index (χ2n) is 5.09. The molecule has 0 amide bonds. The van der Waals surface area contributed by atoms with E-state index in [-0.39, 0.29) is 6.04 Å². The van der Waals surface area contributed by atoms with Gasteiger partial charge in [0.05, 0.1) is 16.8 Å². The van der Waals surface area contributed by atoms with Gasteiger partial charge < -0.3 is 5.32 Å². The number of halogens is 1. The number of hydrogen-bond acceptors (Lipinski definition) is 2. The van der Waals surface area contributed by atoms with E-state index in [1.54, 1.807) is 0 Å². The minimum Gasteiger partial charge on any atom is -0.305 e. The maximum atomic E-state index is 6.32. The second-order valence-corrected chi connectivity index (χ2v) is 5.50. The molecule has 104 valence electrons. The van der Waals surface area contributed by atoms with E-state index >= 15 is 0 Å². The first-order chi connectivity index (χ1) is 9.33. The Kier molecular flexibility index (Phi) is 5.87. The Hall–Kier alpha value is -0.860. The van der Waals surface area contributed by atoms with E-state index in [1.807, 2.05) is 18.3 Å². The molecule has 2 rings (SSSR count). The van der Waals surface area contributed by atoms with E-state index in [4.69, 9.17) is 11.6 Å². The number of rotatable bonds is 4. The van der Waals surface area contributed by atoms with Gasteiger partial charge in [-0.2, -0.15) is 0 Å². The second kappa shape index (κ2) is 7.66. The summed E-state index contributed by atoms with van der Waals surface area (Å²) in [5.74, 6) is 0. The number of pyridine rings is 1. The fourth-order valence-corrected chi connectivity index (χ4v) is 2.93. The molecule has 3 heteroatoms. The summed E-state index contributed by atoms with van der Waals surface area (Å²) in [5, 5.41) is 4.30. The van der Waals surface area contributed by atoms with Crippen molar-refractivity contribution in [2.24, 2.45) is 0 Å². The molecule has 0 saturated carbocycles. The molecule has 19 heavy (non-hydrogen) atoms. The van der Waals surface area contributed by atoms with Gasteiger partial charge in [0.25, 0.3) is 0 Å². The average Bonchev–Trinajstić information content (AvgIpc) is 2.37. The molecule has 1 aliphatic rings. The minimum atomic E-state index is 0.178. The van der Waals surface area contributed by atoms with E-state index < -0.39 is 0 Å². The summed E-state index contributed by atoms with van der Waals surface area (Å²) in [6, 6.07) is 4.00. The van der Waals surface area contributed by atoms with Crippen molar-refractivity contribution in [3.63, 3.8) is 0 Å². The fourth-order valence-electron chi connectivity index (χ4n) is 2.70. The van der Waals surface area contributed by atoms with Crippen LogP contribution >= 0.6 is 11.6 Å². The van der Waals surface area contributed by atoms with Crippen LogP contribution in [0, 0.1) is 0 Å². The van der Waals surface area contributed by atoms with Crippen molar-refractivity contribution in [3.05, 3.63) is 40.7 Å². The molecule has 1 aromatic rings. The molecule has 0 aliphatic heterocycles. The third-order valence-corrected chi connectivity index (χ3v) is 3.99. The summed E-state index contributed by atoms with van der Waals surface area (Å²) in [5.41, 5.74) is 2.43. The van der Waals surface area contributed by atoms with Gasteiger partial charge in [-0.25, -0.2) is 0 Å². The van der Waals surface area contributed by atoms with Crippen LogP contribution in [0.15, 0.2) is 30.0 Å². The van der Waals surface area contributed by atoms with E-state index in [1.165, 1.54) is 37.7 Å². The van der Waals surface area contributed by atoms with Gasteiger partial charge in [0.15, 0.2) is 0 Å². The molecule has 1 atom stereocenters. The highest BCUT2D eigenvalue weighted by molar-refractivity contribution is 6.31. The van der Waals surface area contributed by atoms with Gasteiger partial charge >= 0.3 is 0 Å². The smallest absolute Gasteiger partial charge is 0.0801 e. The zero-order valence-electron chi connectivity index (χ0n) is 11.7. The van der Waals surface area contributed by atoms with E-state index in [9.17, 15) is 0 Å². The predicted octanol–water partition coefficient (Wildman–Crippen LogP) is 4.67. The van der Waals surface area contributed by atoms with Crippen LogP contribution in [0.4, 0.5) is 0 Å². The maximum absolute atomic E-state index is 6.32. The molecular formula is C16H23ClN2. The lowest BCUT2D eigenvalue weighted by Crippen LogP contribution is -2.24. The Morgan fingerprint density at radius 1 is 1.32 bits per heavy atom. The summed E-state index contributed by atoms with van der Waals surface area (Å²) in [4.78, 5) is 4.49. The normalized spacial score (nSPS) is 21.1. The molecule has 2 nitrogen and oxygen atoms in total. The lowest BCUT2D eigenvalue weighted by atomic mass is 9.93. The van der Waals surface area contributed by atoms with Crippen LogP contribution in [-0.4, -0.2) is 11.5 Å². The quantitative estimate of drug-likeness (QED) is 0.810. The number of aromatic nitrogens is 1. The summed E-state index contributed by atoms with van der Waals surface area (Å²) in [6.07, 6.45) is 11.8. The summed E-state index contributed by atoms with van der Waals surface area (Å²) in [6.45, 7) is 3.06. The highest BCUT2D eigenvalue weighted by atomic mass is 35.5. The highest BCUT2D eigenvalue weighted by Crippen LogP contribution is 2.31. The Labute approximate surface area is 121 Å². The van der Waals surface area contributed by atoms with Crippen LogP contribution in [0.5, 0.6) is 0 Å². The summed E-state index contributed by atoms with van der Waals surface area (Å²) >= 11 is 6.32. The summed E-state index contributed by atoms with van der Waals surface area (Å²) in [7, 11) is 0. The number of hydrogen-bond donors (Lipinski definition) is 1. The van der Waals surface area contributed by atoms with Crippen LogP contribution in [0.3, 0.4) is 0 Å². The Balaban J connectivity index is 2.25. The van der Waals surface area contributed by atoms with E-state index in [0.717, 1.165) is 23.7 Å². The van der Waals surface area contributed by atoms with Gasteiger partial charge in [-0.3, -0.25) is 4.98 Å². The van der Waals surface area contributed by atoms with Crippen LogP contribution in [0.1, 0.15) is 57.2 Å². The zero-order chi connectivity index (χ0) is 13.5. The van der Waals surface area contributed by atoms with E-state index in [0.29, 0.717) is 0 Å². The Morgan fingerprint density at radius 2 is 2.16 bits per heavy atom. The number of nitrogens with zero attached hydrogens (tertiary/aromatic N) is 1. The van der Waals surface area contributed by atoms with Gasteiger partial charge in [-0.1, -0.05) is 43.0 Å². The minimum absolute atomic E-state index is 0.178. The van der Waals surface area contributed by atoms with Crippen molar-refractivity contribution in [1.29, 1.82) is 0 Å².